The Bertz CT molecular complexity index is 1080. The van der Waals surface area contributed by atoms with Crippen molar-refractivity contribution in [1.29, 1.82) is 0 Å². The fourth-order valence-corrected chi connectivity index (χ4v) is 4.10. The number of benzene rings is 2. The summed E-state index contributed by atoms with van der Waals surface area (Å²) in [5.74, 6) is 1.00. The quantitative estimate of drug-likeness (QED) is 0.436. The van der Waals surface area contributed by atoms with Gasteiger partial charge in [-0.05, 0) is 48.2 Å². The minimum absolute atomic E-state index is 0.186. The summed E-state index contributed by atoms with van der Waals surface area (Å²) in [6.07, 6.45) is 2.48. The fraction of sp³-hybridized carbons (Fsp3) is 0.200. The van der Waals surface area contributed by atoms with Gasteiger partial charge in [0.25, 0.3) is 5.89 Å². The molecule has 2 heterocycles. The number of aromatic nitrogens is 5. The number of hydrogen-bond acceptors (Lipinski definition) is 6. The molecule has 0 aliphatic rings. The minimum Gasteiger partial charge on any atom is -0.334 e. The Morgan fingerprint density at radius 1 is 1.21 bits per heavy atom. The second-order valence-electron chi connectivity index (χ2n) is 6.30. The fourth-order valence-electron chi connectivity index (χ4n) is 2.99. The van der Waals surface area contributed by atoms with Crippen molar-refractivity contribution in [2.75, 3.05) is 0 Å². The minimum atomic E-state index is -0.186. The molecule has 0 saturated carbocycles. The number of hydrogen-bond donors (Lipinski definition) is 1. The van der Waals surface area contributed by atoms with Crippen molar-refractivity contribution in [3.05, 3.63) is 76.3 Å². The molecule has 1 unspecified atom stereocenters. The Hall–Kier alpha value is -2.64. The van der Waals surface area contributed by atoms with E-state index in [1.54, 1.807) is 6.07 Å². The van der Waals surface area contributed by atoms with Crippen LogP contribution >= 0.6 is 23.4 Å². The lowest BCUT2D eigenvalue weighted by molar-refractivity contribution is 0.423. The lowest BCUT2D eigenvalue weighted by Gasteiger charge is -2.14. The molecule has 6 nitrogen and oxygen atoms in total. The number of aromatic amines is 1. The summed E-state index contributed by atoms with van der Waals surface area (Å²) in [4.78, 5) is 8.86. The van der Waals surface area contributed by atoms with Crippen molar-refractivity contribution >= 4 is 23.4 Å². The maximum absolute atomic E-state index is 6.09. The van der Waals surface area contributed by atoms with Crippen molar-refractivity contribution in [2.24, 2.45) is 0 Å². The zero-order valence-corrected chi connectivity index (χ0v) is 17.0. The molecule has 4 aromatic rings. The van der Waals surface area contributed by atoms with E-state index in [2.05, 4.69) is 57.4 Å². The Kier molecular flexibility index (Phi) is 5.45. The van der Waals surface area contributed by atoms with E-state index in [0.29, 0.717) is 21.9 Å². The average Bonchev–Trinajstić information content (AvgIpc) is 3.38. The molecular weight excluding hydrogens is 394 g/mol. The van der Waals surface area contributed by atoms with Crippen LogP contribution in [0, 0.1) is 6.92 Å². The molecule has 1 N–H and O–H groups in total. The van der Waals surface area contributed by atoms with E-state index in [9.17, 15) is 0 Å². The highest BCUT2D eigenvalue weighted by molar-refractivity contribution is 7.99. The third-order valence-electron chi connectivity index (χ3n) is 4.42. The first-order valence-corrected chi connectivity index (χ1v) is 10.1. The van der Waals surface area contributed by atoms with Gasteiger partial charge in [-0.25, -0.2) is 4.98 Å². The molecule has 28 heavy (non-hydrogen) atoms. The summed E-state index contributed by atoms with van der Waals surface area (Å²) in [7, 11) is 0. The molecule has 142 valence electrons. The summed E-state index contributed by atoms with van der Waals surface area (Å²) in [6, 6.07) is 13.8. The molecule has 0 saturated heterocycles. The molecule has 0 amide bonds. The summed E-state index contributed by atoms with van der Waals surface area (Å²) < 4.78 is 5.52. The molecule has 1 atom stereocenters. The number of nitrogens with zero attached hydrogens (tertiary/aromatic N) is 4. The average molecular weight is 412 g/mol. The van der Waals surface area contributed by atoms with Crippen LogP contribution in [-0.4, -0.2) is 25.3 Å². The van der Waals surface area contributed by atoms with Crippen LogP contribution in [-0.2, 0) is 6.42 Å². The van der Waals surface area contributed by atoms with Gasteiger partial charge in [-0.3, -0.25) is 5.10 Å². The Balaban J connectivity index is 1.72. The molecule has 8 heteroatoms. The van der Waals surface area contributed by atoms with E-state index in [1.807, 2.05) is 18.2 Å². The monoisotopic (exact) mass is 411 g/mol. The zero-order chi connectivity index (χ0) is 19.5. The maximum Gasteiger partial charge on any atom is 0.258 e. The van der Waals surface area contributed by atoms with Crippen LogP contribution in [0.1, 0.15) is 34.7 Å². The number of halogens is 1. The Morgan fingerprint density at radius 3 is 2.82 bits per heavy atom. The van der Waals surface area contributed by atoms with Crippen LogP contribution < -0.4 is 0 Å². The van der Waals surface area contributed by atoms with E-state index in [1.165, 1.54) is 29.2 Å². The predicted octanol–water partition coefficient (Wildman–Crippen LogP) is 5.26. The van der Waals surface area contributed by atoms with Gasteiger partial charge in [0.05, 0.1) is 0 Å². The lowest BCUT2D eigenvalue weighted by atomic mass is 10.0. The second kappa shape index (κ2) is 8.16. The van der Waals surface area contributed by atoms with Gasteiger partial charge in [0.15, 0.2) is 11.0 Å². The molecule has 4 rings (SSSR count). The first-order valence-electron chi connectivity index (χ1n) is 8.85. The highest BCUT2D eigenvalue weighted by atomic mass is 35.5. The molecule has 0 aliphatic carbocycles. The van der Waals surface area contributed by atoms with Crippen molar-refractivity contribution in [2.45, 2.75) is 30.7 Å². The summed E-state index contributed by atoms with van der Waals surface area (Å²) >= 11 is 7.58. The standard InChI is InChI=1S/C20H18ClN5OS/c1-3-13-7-8-14(9-12(13)2)17(28-20-22-11-23-25-20)18-24-19(27-26-18)15-5-4-6-16(21)10-15/h4-11,17H,3H2,1-2H3,(H,22,23,25). The third-order valence-corrected chi connectivity index (χ3v) is 5.79. The van der Waals surface area contributed by atoms with E-state index in [0.717, 1.165) is 17.5 Å². The molecule has 2 aromatic carbocycles. The van der Waals surface area contributed by atoms with Crippen LogP contribution in [0.5, 0.6) is 0 Å². The Morgan fingerprint density at radius 2 is 2.11 bits per heavy atom. The number of thioether (sulfide) groups is 1. The summed E-state index contributed by atoms with van der Waals surface area (Å²) in [6.45, 7) is 4.27. The van der Waals surface area contributed by atoms with Gasteiger partial charge in [-0.2, -0.15) is 10.1 Å². The highest BCUT2D eigenvalue weighted by Gasteiger charge is 2.24. The molecular formula is C20H18ClN5OS. The highest BCUT2D eigenvalue weighted by Crippen LogP contribution is 2.39. The molecule has 0 bridgehead atoms. The first kappa shape index (κ1) is 18.7. The van der Waals surface area contributed by atoms with Gasteiger partial charge in [0.1, 0.15) is 11.6 Å². The molecule has 0 spiro atoms. The number of rotatable bonds is 6. The number of H-pyrrole nitrogens is 1. The summed E-state index contributed by atoms with van der Waals surface area (Å²) in [5, 5.41) is 12.2. The van der Waals surface area contributed by atoms with Gasteiger partial charge in [0.2, 0.25) is 0 Å². The zero-order valence-electron chi connectivity index (χ0n) is 15.4. The van der Waals surface area contributed by atoms with Gasteiger partial charge in [0, 0.05) is 10.6 Å². The van der Waals surface area contributed by atoms with Crippen molar-refractivity contribution < 1.29 is 4.52 Å². The smallest absolute Gasteiger partial charge is 0.258 e. The van der Waals surface area contributed by atoms with Crippen molar-refractivity contribution in [3.63, 3.8) is 0 Å². The summed E-state index contributed by atoms with van der Waals surface area (Å²) in [5.41, 5.74) is 4.42. The Labute approximate surface area is 171 Å². The molecule has 0 aliphatic heterocycles. The SMILES string of the molecule is CCc1ccc(C(Sc2ncn[nH]2)c2noc(-c3cccc(Cl)c3)n2)cc1C. The van der Waals surface area contributed by atoms with Crippen LogP contribution in [0.25, 0.3) is 11.5 Å². The van der Waals surface area contributed by atoms with Crippen LogP contribution in [0.15, 0.2) is 58.5 Å². The van der Waals surface area contributed by atoms with Gasteiger partial charge >= 0.3 is 0 Å². The van der Waals surface area contributed by atoms with E-state index < -0.39 is 0 Å². The van der Waals surface area contributed by atoms with Crippen LogP contribution in [0.3, 0.4) is 0 Å². The van der Waals surface area contributed by atoms with E-state index in [-0.39, 0.29) is 5.25 Å². The molecule has 0 radical (unpaired) electrons. The molecule has 2 aromatic heterocycles. The predicted molar refractivity (Wildman–Crippen MR) is 109 cm³/mol. The number of nitrogens with one attached hydrogen (secondary N) is 1. The maximum atomic E-state index is 6.09. The van der Waals surface area contributed by atoms with Gasteiger partial charge in [-0.1, -0.05) is 59.7 Å². The third kappa shape index (κ3) is 3.95. The normalized spacial score (nSPS) is 12.2. The molecule has 0 fully saturated rings. The topological polar surface area (TPSA) is 80.5 Å². The second-order valence-corrected chi connectivity index (χ2v) is 7.83. The lowest BCUT2D eigenvalue weighted by Crippen LogP contribution is -2.02. The van der Waals surface area contributed by atoms with Crippen molar-refractivity contribution in [1.82, 2.24) is 25.3 Å². The van der Waals surface area contributed by atoms with Crippen LogP contribution in [0.2, 0.25) is 5.02 Å². The largest absolute Gasteiger partial charge is 0.334 e. The van der Waals surface area contributed by atoms with E-state index >= 15 is 0 Å². The van der Waals surface area contributed by atoms with Gasteiger partial charge < -0.3 is 4.52 Å². The van der Waals surface area contributed by atoms with Crippen LogP contribution in [0.4, 0.5) is 0 Å². The first-order chi connectivity index (χ1) is 13.6. The number of aryl methyl sites for hydroxylation is 2. The van der Waals surface area contributed by atoms with E-state index in [4.69, 9.17) is 16.1 Å². The van der Waals surface area contributed by atoms with Gasteiger partial charge in [-0.15, -0.1) is 0 Å². The van der Waals surface area contributed by atoms with Crippen molar-refractivity contribution in [3.8, 4) is 11.5 Å².